The second-order valence-corrected chi connectivity index (χ2v) is 5.41. The van der Waals surface area contributed by atoms with Crippen molar-refractivity contribution in [2.24, 2.45) is 0 Å². The molecule has 0 fully saturated rings. The second-order valence-electron chi connectivity index (χ2n) is 5.41. The zero-order chi connectivity index (χ0) is 16.0. The molecule has 2 heterocycles. The Morgan fingerprint density at radius 1 is 1.13 bits per heavy atom. The van der Waals surface area contributed by atoms with Crippen molar-refractivity contribution in [2.75, 3.05) is 7.11 Å². The van der Waals surface area contributed by atoms with Gasteiger partial charge in [-0.1, -0.05) is 36.9 Å². The smallest absolute Gasteiger partial charge is 0.344 e. The summed E-state index contributed by atoms with van der Waals surface area (Å²) in [6, 6.07) is 15.0. The summed E-state index contributed by atoms with van der Waals surface area (Å²) in [5.41, 5.74) is 1.48. The van der Waals surface area contributed by atoms with E-state index in [1.54, 1.807) is 13.2 Å². The molecule has 0 aliphatic carbocycles. The van der Waals surface area contributed by atoms with Gasteiger partial charge in [0.1, 0.15) is 22.8 Å². The molecular weight excluding hydrogens is 292 g/mol. The van der Waals surface area contributed by atoms with Crippen molar-refractivity contribution in [3.8, 4) is 11.5 Å². The Balaban J connectivity index is 1.99. The normalized spacial score (nSPS) is 16.2. The first kappa shape index (κ1) is 13.6. The molecule has 0 amide bonds. The molecule has 1 aliphatic rings. The van der Waals surface area contributed by atoms with Crippen molar-refractivity contribution in [3.63, 3.8) is 0 Å². The van der Waals surface area contributed by atoms with Crippen LogP contribution in [-0.4, -0.2) is 7.11 Å². The van der Waals surface area contributed by atoms with Gasteiger partial charge in [0, 0.05) is 6.07 Å². The predicted molar refractivity (Wildman–Crippen MR) is 87.1 cm³/mol. The average molecular weight is 306 g/mol. The van der Waals surface area contributed by atoms with E-state index in [9.17, 15) is 4.79 Å². The number of ether oxygens (including phenoxy) is 2. The Morgan fingerprint density at radius 2 is 1.91 bits per heavy atom. The van der Waals surface area contributed by atoms with Crippen LogP contribution in [0.25, 0.3) is 11.0 Å². The Labute approximate surface area is 132 Å². The predicted octanol–water partition coefficient (Wildman–Crippen LogP) is 3.84. The maximum absolute atomic E-state index is 12.5. The van der Waals surface area contributed by atoms with Gasteiger partial charge in [-0.15, -0.1) is 0 Å². The van der Waals surface area contributed by atoms with Crippen molar-refractivity contribution < 1.29 is 13.9 Å². The van der Waals surface area contributed by atoms with E-state index in [-0.39, 0.29) is 5.92 Å². The molecule has 3 aromatic rings. The molecule has 1 aromatic heterocycles. The van der Waals surface area contributed by atoms with E-state index in [0.29, 0.717) is 28.4 Å². The van der Waals surface area contributed by atoms with Crippen molar-refractivity contribution >= 4 is 11.0 Å². The molecule has 114 valence electrons. The lowest BCUT2D eigenvalue weighted by molar-refractivity contribution is 0.413. The third kappa shape index (κ3) is 2.03. The summed E-state index contributed by atoms with van der Waals surface area (Å²) in [4.78, 5) is 12.5. The molecule has 2 aromatic carbocycles. The minimum absolute atomic E-state index is 0.311. The molecule has 4 nitrogen and oxygen atoms in total. The van der Waals surface area contributed by atoms with Crippen LogP contribution in [0.1, 0.15) is 17.0 Å². The van der Waals surface area contributed by atoms with Crippen LogP contribution < -0.4 is 15.1 Å². The Bertz CT molecular complexity index is 970. The lowest BCUT2D eigenvalue weighted by Crippen LogP contribution is -2.10. The largest absolute Gasteiger partial charge is 0.497 e. The monoisotopic (exact) mass is 306 g/mol. The first-order valence-corrected chi connectivity index (χ1v) is 7.25. The van der Waals surface area contributed by atoms with Gasteiger partial charge in [-0.3, -0.25) is 0 Å². The van der Waals surface area contributed by atoms with E-state index in [1.165, 1.54) is 0 Å². The van der Waals surface area contributed by atoms with Crippen LogP contribution in [-0.2, 0) is 0 Å². The van der Waals surface area contributed by atoms with Crippen molar-refractivity contribution in [1.29, 1.82) is 0 Å². The zero-order valence-corrected chi connectivity index (χ0v) is 12.5. The second kappa shape index (κ2) is 5.02. The fraction of sp³-hybridized carbons (Fsp3) is 0.105. The van der Waals surface area contributed by atoms with E-state index in [1.807, 2.05) is 42.5 Å². The van der Waals surface area contributed by atoms with Crippen molar-refractivity contribution in [2.45, 2.75) is 5.92 Å². The minimum Gasteiger partial charge on any atom is -0.497 e. The minimum atomic E-state index is -0.409. The number of benzene rings is 2. The van der Waals surface area contributed by atoms with Crippen LogP contribution in [0.4, 0.5) is 0 Å². The quantitative estimate of drug-likeness (QED) is 0.675. The summed E-state index contributed by atoms with van der Waals surface area (Å²) in [6.45, 7) is 3.98. The molecule has 4 heteroatoms. The SMILES string of the molecule is C=C1Oc2c(c(=O)oc3cc(OC)ccc23)C1c1ccccc1. The summed E-state index contributed by atoms with van der Waals surface area (Å²) in [6.07, 6.45) is 0. The number of methoxy groups -OCH3 is 1. The Hall–Kier alpha value is -3.01. The van der Waals surface area contributed by atoms with Crippen LogP contribution in [0.2, 0.25) is 0 Å². The fourth-order valence-corrected chi connectivity index (χ4v) is 3.00. The third-order valence-electron chi connectivity index (χ3n) is 4.08. The molecule has 0 bridgehead atoms. The Kier molecular flexibility index (Phi) is 2.98. The summed E-state index contributed by atoms with van der Waals surface area (Å²) < 4.78 is 16.5. The number of rotatable bonds is 2. The molecule has 0 radical (unpaired) electrons. The summed E-state index contributed by atoms with van der Waals surface area (Å²) in [5, 5.41) is 0.736. The Morgan fingerprint density at radius 3 is 2.65 bits per heavy atom. The maximum Gasteiger partial charge on any atom is 0.344 e. The molecule has 0 spiro atoms. The highest BCUT2D eigenvalue weighted by atomic mass is 16.5. The summed E-state index contributed by atoms with van der Waals surface area (Å²) in [5.74, 6) is 1.37. The molecule has 23 heavy (non-hydrogen) atoms. The summed E-state index contributed by atoms with van der Waals surface area (Å²) in [7, 11) is 1.57. The maximum atomic E-state index is 12.5. The average Bonchev–Trinajstić information content (AvgIpc) is 2.93. The van der Waals surface area contributed by atoms with E-state index >= 15 is 0 Å². The van der Waals surface area contributed by atoms with Crippen LogP contribution in [0.3, 0.4) is 0 Å². The van der Waals surface area contributed by atoms with Gasteiger partial charge < -0.3 is 13.9 Å². The van der Waals surface area contributed by atoms with E-state index < -0.39 is 5.63 Å². The van der Waals surface area contributed by atoms with Crippen LogP contribution in [0.15, 0.2) is 70.1 Å². The first-order chi connectivity index (χ1) is 11.2. The van der Waals surface area contributed by atoms with Gasteiger partial charge in [-0.25, -0.2) is 4.79 Å². The van der Waals surface area contributed by atoms with Gasteiger partial charge in [0.15, 0.2) is 0 Å². The standard InChI is InChI=1S/C19H14O4/c1-11-16(12-6-4-3-5-7-12)17-18(22-11)14-9-8-13(21-2)10-15(14)23-19(17)20/h3-10,16H,1H2,2H3. The number of hydrogen-bond acceptors (Lipinski definition) is 4. The molecule has 1 aliphatic heterocycles. The topological polar surface area (TPSA) is 48.7 Å². The zero-order valence-electron chi connectivity index (χ0n) is 12.5. The van der Waals surface area contributed by atoms with Crippen molar-refractivity contribution in [3.05, 3.63) is 82.4 Å². The highest BCUT2D eigenvalue weighted by molar-refractivity contribution is 5.87. The lowest BCUT2D eigenvalue weighted by atomic mass is 9.92. The molecule has 4 rings (SSSR count). The van der Waals surface area contributed by atoms with Crippen LogP contribution in [0.5, 0.6) is 11.5 Å². The molecule has 0 saturated carbocycles. The fourth-order valence-electron chi connectivity index (χ4n) is 3.00. The number of hydrogen-bond donors (Lipinski definition) is 0. The van der Waals surface area contributed by atoms with Gasteiger partial charge in [0.05, 0.1) is 24.0 Å². The van der Waals surface area contributed by atoms with Gasteiger partial charge >= 0.3 is 5.63 Å². The first-order valence-electron chi connectivity index (χ1n) is 7.25. The number of allylic oxidation sites excluding steroid dienone is 1. The van der Waals surface area contributed by atoms with Gasteiger partial charge in [0.25, 0.3) is 0 Å². The van der Waals surface area contributed by atoms with E-state index in [2.05, 4.69) is 6.58 Å². The van der Waals surface area contributed by atoms with Crippen LogP contribution >= 0.6 is 0 Å². The summed E-state index contributed by atoms with van der Waals surface area (Å²) >= 11 is 0. The van der Waals surface area contributed by atoms with Gasteiger partial charge in [-0.05, 0) is 17.7 Å². The van der Waals surface area contributed by atoms with Gasteiger partial charge in [-0.2, -0.15) is 0 Å². The van der Waals surface area contributed by atoms with Crippen LogP contribution in [0, 0.1) is 0 Å². The molecule has 0 N–H and O–H groups in total. The van der Waals surface area contributed by atoms with Crippen molar-refractivity contribution in [1.82, 2.24) is 0 Å². The molecule has 1 unspecified atom stereocenters. The lowest BCUT2D eigenvalue weighted by Gasteiger charge is -2.09. The molecule has 1 atom stereocenters. The molecule has 0 saturated heterocycles. The van der Waals surface area contributed by atoms with Gasteiger partial charge in [0.2, 0.25) is 0 Å². The number of fused-ring (bicyclic) bond motifs is 3. The molecular formula is C19H14O4. The van der Waals surface area contributed by atoms with E-state index in [4.69, 9.17) is 13.9 Å². The highest BCUT2D eigenvalue weighted by Gasteiger charge is 2.35. The third-order valence-corrected chi connectivity index (χ3v) is 4.08. The highest BCUT2D eigenvalue weighted by Crippen LogP contribution is 2.45. The van der Waals surface area contributed by atoms with E-state index in [0.717, 1.165) is 10.9 Å².